The van der Waals surface area contributed by atoms with Crippen LogP contribution in [0.4, 0.5) is 11.6 Å². The predicted octanol–water partition coefficient (Wildman–Crippen LogP) is 1.97. The van der Waals surface area contributed by atoms with Gasteiger partial charge in [-0.05, 0) is 18.6 Å². The number of nitrogen functional groups attached to an aromatic ring is 1. The lowest BCUT2D eigenvalue weighted by Crippen LogP contribution is -2.14. The third-order valence-electron chi connectivity index (χ3n) is 3.67. The van der Waals surface area contributed by atoms with Crippen LogP contribution in [0.15, 0.2) is 24.3 Å². The molecule has 0 saturated carbocycles. The van der Waals surface area contributed by atoms with E-state index in [0.29, 0.717) is 5.95 Å². The first kappa shape index (κ1) is 13.5. The molecule has 0 fully saturated rings. The molecule has 110 valence electrons. The summed E-state index contributed by atoms with van der Waals surface area (Å²) in [6, 6.07) is 8.14. The third-order valence-corrected chi connectivity index (χ3v) is 3.67. The first-order valence-corrected chi connectivity index (χ1v) is 7.01. The number of aromatic nitrogens is 4. The lowest BCUT2D eigenvalue weighted by molar-refractivity contribution is 0.751. The van der Waals surface area contributed by atoms with Gasteiger partial charge >= 0.3 is 0 Å². The molecule has 0 unspecified atom stereocenters. The van der Waals surface area contributed by atoms with Crippen molar-refractivity contribution in [2.45, 2.75) is 13.3 Å². The van der Waals surface area contributed by atoms with E-state index in [4.69, 9.17) is 5.73 Å². The zero-order chi connectivity index (χ0) is 15.1. The second-order valence-electron chi connectivity index (χ2n) is 5.28. The zero-order valence-corrected chi connectivity index (χ0v) is 12.8. The fourth-order valence-corrected chi connectivity index (χ4v) is 2.70. The van der Waals surface area contributed by atoms with E-state index in [1.54, 1.807) is 0 Å². The van der Waals surface area contributed by atoms with Gasteiger partial charge in [0.05, 0.1) is 17.1 Å². The van der Waals surface area contributed by atoms with E-state index in [2.05, 4.69) is 28.0 Å². The monoisotopic (exact) mass is 284 g/mol. The van der Waals surface area contributed by atoms with Gasteiger partial charge in [-0.3, -0.25) is 4.57 Å². The van der Waals surface area contributed by atoms with Gasteiger partial charge in [0.2, 0.25) is 5.95 Å². The van der Waals surface area contributed by atoms with Gasteiger partial charge in [-0.25, -0.2) is 9.67 Å². The lowest BCUT2D eigenvalue weighted by Gasteiger charge is -2.18. The SMILES string of the molecule is CCc1nn(C)c2c1nc(N)n2-c1ccccc1N(C)C. The smallest absolute Gasteiger partial charge is 0.207 e. The molecule has 0 atom stereocenters. The van der Waals surface area contributed by atoms with Crippen LogP contribution in [0, 0.1) is 0 Å². The third kappa shape index (κ3) is 1.94. The van der Waals surface area contributed by atoms with Crippen LogP contribution in [-0.4, -0.2) is 33.4 Å². The molecule has 0 amide bonds. The summed E-state index contributed by atoms with van der Waals surface area (Å²) < 4.78 is 3.82. The molecule has 6 nitrogen and oxygen atoms in total. The highest BCUT2D eigenvalue weighted by Crippen LogP contribution is 2.30. The number of fused-ring (bicyclic) bond motifs is 1. The maximum atomic E-state index is 6.18. The second kappa shape index (κ2) is 4.80. The summed E-state index contributed by atoms with van der Waals surface area (Å²) in [6.45, 7) is 2.07. The summed E-state index contributed by atoms with van der Waals surface area (Å²) >= 11 is 0. The van der Waals surface area contributed by atoms with E-state index in [1.807, 2.05) is 48.6 Å². The van der Waals surface area contributed by atoms with E-state index in [-0.39, 0.29) is 0 Å². The molecule has 0 radical (unpaired) electrons. The highest BCUT2D eigenvalue weighted by atomic mass is 15.4. The molecule has 1 aromatic carbocycles. The maximum Gasteiger partial charge on any atom is 0.207 e. The van der Waals surface area contributed by atoms with Gasteiger partial charge in [0.25, 0.3) is 0 Å². The number of aryl methyl sites for hydroxylation is 2. The van der Waals surface area contributed by atoms with Gasteiger partial charge in [0.15, 0.2) is 5.65 Å². The molecule has 0 saturated heterocycles. The Kier molecular flexibility index (Phi) is 3.08. The molecule has 21 heavy (non-hydrogen) atoms. The van der Waals surface area contributed by atoms with Crippen molar-refractivity contribution in [2.75, 3.05) is 24.7 Å². The quantitative estimate of drug-likeness (QED) is 0.798. The van der Waals surface area contributed by atoms with Crippen LogP contribution >= 0.6 is 0 Å². The normalized spacial score (nSPS) is 11.2. The second-order valence-corrected chi connectivity index (χ2v) is 5.28. The number of imidazole rings is 1. The van der Waals surface area contributed by atoms with Crippen molar-refractivity contribution in [3.8, 4) is 5.69 Å². The van der Waals surface area contributed by atoms with Crippen LogP contribution in [-0.2, 0) is 13.5 Å². The molecule has 0 aliphatic rings. The summed E-state index contributed by atoms with van der Waals surface area (Å²) in [5.74, 6) is 0.488. The molecule has 3 rings (SSSR count). The minimum atomic E-state index is 0.488. The van der Waals surface area contributed by atoms with Crippen LogP contribution in [0.1, 0.15) is 12.6 Å². The largest absolute Gasteiger partial charge is 0.376 e. The Bertz CT molecular complexity index is 796. The number of para-hydroxylation sites is 2. The molecular weight excluding hydrogens is 264 g/mol. The lowest BCUT2D eigenvalue weighted by atomic mass is 10.2. The minimum absolute atomic E-state index is 0.488. The number of rotatable bonds is 3. The minimum Gasteiger partial charge on any atom is -0.376 e. The van der Waals surface area contributed by atoms with E-state index in [1.165, 1.54) is 0 Å². The standard InChI is InChI=1S/C15H20N6/c1-5-10-13-14(20(4)18-10)21(15(16)17-13)12-9-7-6-8-11(12)19(2)3/h6-9H,5H2,1-4H3,(H2,16,17). The Labute approximate surface area is 123 Å². The first-order chi connectivity index (χ1) is 10.0. The van der Waals surface area contributed by atoms with Crippen molar-refractivity contribution in [3.63, 3.8) is 0 Å². The number of hydrogen-bond donors (Lipinski definition) is 1. The summed E-state index contributed by atoms with van der Waals surface area (Å²) in [7, 11) is 5.96. The topological polar surface area (TPSA) is 64.9 Å². The highest BCUT2D eigenvalue weighted by Gasteiger charge is 2.20. The zero-order valence-electron chi connectivity index (χ0n) is 12.8. The Morgan fingerprint density at radius 3 is 2.62 bits per heavy atom. The summed E-state index contributed by atoms with van der Waals surface area (Å²) in [6.07, 6.45) is 0.836. The average Bonchev–Trinajstić information content (AvgIpc) is 2.95. The molecule has 2 N–H and O–H groups in total. The van der Waals surface area contributed by atoms with E-state index < -0.39 is 0 Å². The van der Waals surface area contributed by atoms with Crippen molar-refractivity contribution >= 4 is 22.8 Å². The predicted molar refractivity (Wildman–Crippen MR) is 86.0 cm³/mol. The van der Waals surface area contributed by atoms with Gasteiger partial charge in [-0.1, -0.05) is 19.1 Å². The fraction of sp³-hybridized carbons (Fsp3) is 0.333. The van der Waals surface area contributed by atoms with E-state index in [9.17, 15) is 0 Å². The molecule has 2 aromatic heterocycles. The number of nitrogens with two attached hydrogens (primary N) is 1. The fourth-order valence-electron chi connectivity index (χ4n) is 2.70. The van der Waals surface area contributed by atoms with Crippen molar-refractivity contribution < 1.29 is 0 Å². The maximum absolute atomic E-state index is 6.18. The van der Waals surface area contributed by atoms with Crippen LogP contribution in [0.5, 0.6) is 0 Å². The van der Waals surface area contributed by atoms with Crippen molar-refractivity contribution in [3.05, 3.63) is 30.0 Å². The Balaban J connectivity index is 2.36. The highest BCUT2D eigenvalue weighted by molar-refractivity contribution is 5.82. The van der Waals surface area contributed by atoms with Crippen molar-refractivity contribution in [1.82, 2.24) is 19.3 Å². The molecule has 0 aliphatic carbocycles. The first-order valence-electron chi connectivity index (χ1n) is 7.01. The summed E-state index contributed by atoms with van der Waals surface area (Å²) in [5.41, 5.74) is 11.1. The average molecular weight is 284 g/mol. The van der Waals surface area contributed by atoms with Gasteiger partial charge in [-0.2, -0.15) is 5.10 Å². The number of hydrogen-bond acceptors (Lipinski definition) is 4. The summed E-state index contributed by atoms with van der Waals surface area (Å²) in [4.78, 5) is 6.59. The molecular formula is C15H20N6. The van der Waals surface area contributed by atoms with Gasteiger partial charge in [-0.15, -0.1) is 0 Å². The molecule has 3 aromatic rings. The Hall–Kier alpha value is -2.50. The molecule has 0 spiro atoms. The van der Waals surface area contributed by atoms with E-state index >= 15 is 0 Å². The Morgan fingerprint density at radius 2 is 1.95 bits per heavy atom. The van der Waals surface area contributed by atoms with Crippen LogP contribution in [0.25, 0.3) is 16.9 Å². The van der Waals surface area contributed by atoms with Crippen molar-refractivity contribution in [2.24, 2.45) is 7.05 Å². The van der Waals surface area contributed by atoms with Crippen LogP contribution < -0.4 is 10.6 Å². The van der Waals surface area contributed by atoms with E-state index in [0.717, 1.165) is 34.7 Å². The van der Waals surface area contributed by atoms with Crippen molar-refractivity contribution in [1.29, 1.82) is 0 Å². The summed E-state index contributed by atoms with van der Waals surface area (Å²) in [5, 5.41) is 4.53. The molecule has 6 heteroatoms. The molecule has 0 aliphatic heterocycles. The van der Waals surface area contributed by atoms with Gasteiger partial charge < -0.3 is 10.6 Å². The molecule has 2 heterocycles. The van der Waals surface area contributed by atoms with Crippen LogP contribution in [0.2, 0.25) is 0 Å². The molecule has 0 bridgehead atoms. The van der Waals surface area contributed by atoms with Gasteiger partial charge in [0, 0.05) is 21.1 Å². The van der Waals surface area contributed by atoms with Crippen LogP contribution in [0.3, 0.4) is 0 Å². The number of anilines is 2. The number of benzene rings is 1. The Morgan fingerprint density at radius 1 is 1.24 bits per heavy atom. The number of nitrogens with zero attached hydrogens (tertiary/aromatic N) is 5. The van der Waals surface area contributed by atoms with Gasteiger partial charge in [0.1, 0.15) is 5.52 Å².